The van der Waals surface area contributed by atoms with Crippen molar-refractivity contribution in [2.45, 2.75) is 83.7 Å². The van der Waals surface area contributed by atoms with E-state index in [1.54, 1.807) is 18.2 Å². The van der Waals surface area contributed by atoms with Crippen LogP contribution in [0.3, 0.4) is 0 Å². The highest BCUT2D eigenvalue weighted by atomic mass is 79.9. The number of aliphatic carboxylic acids is 2. The molecule has 2 aliphatic rings. The second kappa shape index (κ2) is 20.7. The average Bonchev–Trinajstić information content (AvgIpc) is 3.93. The van der Waals surface area contributed by atoms with E-state index >= 15 is 0 Å². The molecule has 300 valence electrons. The molecule has 4 aromatic rings. The number of alkyl halides is 1. The topological polar surface area (TPSA) is 117 Å². The van der Waals surface area contributed by atoms with E-state index < -0.39 is 18.1 Å². The number of carboxylic acids is 2. The van der Waals surface area contributed by atoms with E-state index in [1.807, 2.05) is 43.3 Å². The number of rotatable bonds is 17. The largest absolute Gasteiger partial charge is 0.487 e. The highest BCUT2D eigenvalue weighted by Crippen LogP contribution is 2.38. The molecule has 0 saturated heterocycles. The molecule has 0 amide bonds. The van der Waals surface area contributed by atoms with Crippen molar-refractivity contribution < 1.29 is 38.1 Å². The van der Waals surface area contributed by atoms with Gasteiger partial charge in [0.15, 0.2) is 5.82 Å². The van der Waals surface area contributed by atoms with Gasteiger partial charge in [-0.2, -0.15) is 0 Å². The third kappa shape index (κ3) is 13.3. The molecule has 0 aromatic heterocycles. The standard InChI is InChI=1S/C21H22Br2FNO3.C20H19Br2ClFNO3/c1-12-6-15(20(24)18(7-12)25-10-13-2-3-13)11-28-21-16(22)8-14(9-17(21)23)4-5-19(26)27;21-16-6-11(8-18(24)20(26)27)7-17(22)19(16)28-10-12-4-13(23)9-15(5-12)25-14-2-1-3-14/h6-9,13,25H,2-5,10-11H2,1H3,(H,26,27);4-7,9,14,18,25H,1-3,8,10H2,(H,26,27). The van der Waals surface area contributed by atoms with Crippen LogP contribution in [0.25, 0.3) is 0 Å². The lowest BCUT2D eigenvalue weighted by Gasteiger charge is -2.27. The smallest absolute Gasteiger partial charge is 0.338 e. The summed E-state index contributed by atoms with van der Waals surface area (Å²) in [7, 11) is 0. The van der Waals surface area contributed by atoms with E-state index in [0.717, 1.165) is 28.9 Å². The van der Waals surface area contributed by atoms with Crippen LogP contribution in [-0.2, 0) is 35.6 Å². The number of hydrogen-bond donors (Lipinski definition) is 4. The minimum Gasteiger partial charge on any atom is -0.487 e. The van der Waals surface area contributed by atoms with E-state index in [9.17, 15) is 18.4 Å². The summed E-state index contributed by atoms with van der Waals surface area (Å²) in [6.45, 7) is 3.14. The number of aryl methyl sites for hydroxylation is 2. The summed E-state index contributed by atoms with van der Waals surface area (Å²) < 4.78 is 42.7. The molecule has 0 spiro atoms. The van der Waals surface area contributed by atoms with Crippen LogP contribution in [0.1, 0.15) is 66.3 Å². The molecule has 2 aliphatic carbocycles. The Labute approximate surface area is 363 Å². The quantitative estimate of drug-likeness (QED) is 0.0826. The lowest BCUT2D eigenvalue weighted by atomic mass is 9.93. The molecule has 0 heterocycles. The number of ether oxygens (including phenoxy) is 2. The predicted octanol–water partition coefficient (Wildman–Crippen LogP) is 12.5. The molecule has 4 N–H and O–H groups in total. The van der Waals surface area contributed by atoms with E-state index in [2.05, 4.69) is 74.4 Å². The maximum Gasteiger partial charge on any atom is 0.338 e. The first-order valence-electron chi connectivity index (χ1n) is 18.0. The van der Waals surface area contributed by atoms with Gasteiger partial charge < -0.3 is 30.3 Å². The molecule has 6 rings (SSSR count). The average molecular weight is 1050 g/mol. The van der Waals surface area contributed by atoms with Gasteiger partial charge in [0.1, 0.15) is 24.7 Å². The van der Waals surface area contributed by atoms with E-state index in [4.69, 9.17) is 31.3 Å². The van der Waals surface area contributed by atoms with Gasteiger partial charge in [0, 0.05) is 41.7 Å². The summed E-state index contributed by atoms with van der Waals surface area (Å²) in [4.78, 5) is 21.5. The van der Waals surface area contributed by atoms with Gasteiger partial charge in [-0.1, -0.05) is 11.6 Å². The maximum atomic E-state index is 14.8. The van der Waals surface area contributed by atoms with Crippen molar-refractivity contribution >= 4 is 98.6 Å². The lowest BCUT2D eigenvalue weighted by Crippen LogP contribution is -2.26. The predicted molar refractivity (Wildman–Crippen MR) is 230 cm³/mol. The summed E-state index contributed by atoms with van der Waals surface area (Å²) >= 11 is 20.0. The Morgan fingerprint density at radius 2 is 1.45 bits per heavy atom. The van der Waals surface area contributed by atoms with E-state index in [0.29, 0.717) is 76.2 Å². The molecule has 0 radical (unpaired) electrons. The number of hydrogen-bond acceptors (Lipinski definition) is 6. The number of carboxylic acid groups (broad SMARTS) is 2. The molecule has 1 atom stereocenters. The van der Waals surface area contributed by atoms with Gasteiger partial charge in [-0.15, -0.1) is 0 Å². The van der Waals surface area contributed by atoms with Crippen molar-refractivity contribution in [3.8, 4) is 11.5 Å². The summed E-state index contributed by atoms with van der Waals surface area (Å²) in [6.07, 6.45) is 4.34. The zero-order valence-corrected chi connectivity index (χ0v) is 37.5. The molecule has 15 heteroatoms. The van der Waals surface area contributed by atoms with Crippen LogP contribution >= 0.6 is 75.3 Å². The summed E-state index contributed by atoms with van der Waals surface area (Å²) in [5, 5.41) is 24.9. The Hall–Kier alpha value is -2.91. The van der Waals surface area contributed by atoms with Gasteiger partial charge in [0.25, 0.3) is 0 Å². The molecule has 56 heavy (non-hydrogen) atoms. The monoisotopic (exact) mass is 1050 g/mol. The molecule has 0 bridgehead atoms. The Morgan fingerprint density at radius 1 is 0.839 bits per heavy atom. The molecule has 4 aromatic carbocycles. The number of anilines is 2. The number of halogens is 7. The molecule has 8 nitrogen and oxygen atoms in total. The fraction of sp³-hybridized carbons (Fsp3) is 0.366. The Balaban J connectivity index is 0.000000214. The van der Waals surface area contributed by atoms with E-state index in [1.165, 1.54) is 32.1 Å². The normalized spacial score (nSPS) is 14.2. The van der Waals surface area contributed by atoms with Crippen molar-refractivity contribution in [2.75, 3.05) is 17.2 Å². The summed E-state index contributed by atoms with van der Waals surface area (Å²) in [5.41, 5.74) is 5.32. The fourth-order valence-corrected chi connectivity index (χ4v) is 9.15. The number of benzene rings is 4. The molecular weight excluding hydrogens is 1010 g/mol. The Kier molecular flexibility index (Phi) is 16.3. The van der Waals surface area contributed by atoms with Gasteiger partial charge in [-0.05, 0) is 192 Å². The van der Waals surface area contributed by atoms with Crippen LogP contribution < -0.4 is 20.1 Å². The van der Waals surface area contributed by atoms with Gasteiger partial charge >= 0.3 is 11.9 Å². The van der Waals surface area contributed by atoms with Gasteiger partial charge in [-0.3, -0.25) is 4.79 Å². The van der Waals surface area contributed by atoms with Crippen LogP contribution in [-0.4, -0.2) is 40.9 Å². The number of carbonyl (C=O) groups is 2. The minimum absolute atomic E-state index is 0.0597. The Bertz CT molecular complexity index is 2000. The first kappa shape index (κ1) is 44.2. The zero-order chi connectivity index (χ0) is 40.5. The van der Waals surface area contributed by atoms with Crippen molar-refractivity contribution in [2.24, 2.45) is 5.92 Å². The van der Waals surface area contributed by atoms with Crippen LogP contribution in [0.15, 0.2) is 72.5 Å². The van der Waals surface area contributed by atoms with Crippen molar-refractivity contribution in [1.82, 2.24) is 0 Å². The lowest BCUT2D eigenvalue weighted by molar-refractivity contribution is -0.142. The van der Waals surface area contributed by atoms with Crippen LogP contribution in [0.5, 0.6) is 11.5 Å². The zero-order valence-electron chi connectivity index (χ0n) is 30.4. The van der Waals surface area contributed by atoms with Crippen LogP contribution in [0.2, 0.25) is 5.02 Å². The maximum absolute atomic E-state index is 14.8. The van der Waals surface area contributed by atoms with E-state index in [-0.39, 0.29) is 25.3 Å². The highest BCUT2D eigenvalue weighted by molar-refractivity contribution is 9.11. The fourth-order valence-electron chi connectivity index (χ4n) is 5.87. The minimum atomic E-state index is -1.95. The number of nitrogens with one attached hydrogen (secondary N) is 2. The third-order valence-corrected chi connectivity index (χ3v) is 11.8. The Morgan fingerprint density at radius 3 is 2.00 bits per heavy atom. The van der Waals surface area contributed by atoms with Crippen molar-refractivity contribution in [1.29, 1.82) is 0 Å². The van der Waals surface area contributed by atoms with Gasteiger partial charge in [0.05, 0.1) is 23.6 Å². The molecule has 2 fully saturated rings. The molecule has 0 aliphatic heterocycles. The molecular formula is C41H41Br4ClF2N2O6. The third-order valence-electron chi connectivity index (χ3n) is 9.19. The first-order chi connectivity index (χ1) is 26.6. The summed E-state index contributed by atoms with van der Waals surface area (Å²) in [5.74, 6) is -0.813. The van der Waals surface area contributed by atoms with Gasteiger partial charge in [0.2, 0.25) is 6.17 Å². The SMILES string of the molecule is Cc1cc(COc2c(Br)cc(CCC(=O)O)cc2Br)c(F)c(NCC2CC2)c1.O=C(O)C(F)Cc1cc(Br)c(OCc2cc(Cl)cc(NC3CCC3)c2)c(Br)c1. The van der Waals surface area contributed by atoms with Gasteiger partial charge in [-0.25, -0.2) is 13.6 Å². The van der Waals surface area contributed by atoms with Crippen LogP contribution in [0.4, 0.5) is 20.2 Å². The van der Waals surface area contributed by atoms with Crippen LogP contribution in [0, 0.1) is 18.7 Å². The second-order valence-corrected chi connectivity index (χ2v) is 17.8. The molecule has 2 saturated carbocycles. The second-order valence-electron chi connectivity index (χ2n) is 14.0. The molecule has 1 unspecified atom stereocenters. The van der Waals surface area contributed by atoms with Crippen molar-refractivity contribution in [3.05, 3.63) is 111 Å². The van der Waals surface area contributed by atoms with Crippen molar-refractivity contribution in [3.63, 3.8) is 0 Å². The first-order valence-corrected chi connectivity index (χ1v) is 21.6. The summed E-state index contributed by atoms with van der Waals surface area (Å²) in [6, 6.07) is 16.9. The highest BCUT2D eigenvalue weighted by Gasteiger charge is 2.22.